The number of ether oxygens (including phenoxy) is 1. The molecule has 1 aromatic carbocycles. The van der Waals surface area contributed by atoms with Gasteiger partial charge >= 0.3 is 0 Å². The van der Waals surface area contributed by atoms with E-state index in [0.29, 0.717) is 18.4 Å². The maximum Gasteiger partial charge on any atom is 0.208 e. The summed E-state index contributed by atoms with van der Waals surface area (Å²) in [6, 6.07) is 9.58. The second kappa shape index (κ2) is 6.81. The van der Waals surface area contributed by atoms with E-state index in [0.717, 1.165) is 11.3 Å². The van der Waals surface area contributed by atoms with Crippen LogP contribution in [0.5, 0.6) is 0 Å². The van der Waals surface area contributed by atoms with E-state index in [-0.39, 0.29) is 24.3 Å². The van der Waals surface area contributed by atoms with Crippen molar-refractivity contribution >= 4 is 5.78 Å². The van der Waals surface area contributed by atoms with Gasteiger partial charge in [-0.1, -0.05) is 68.1 Å². The quantitative estimate of drug-likeness (QED) is 0.438. The predicted octanol–water partition coefficient (Wildman–Crippen LogP) is 2.29. The molecular formula is C28H31N3O5. The van der Waals surface area contributed by atoms with Crippen molar-refractivity contribution in [1.82, 2.24) is 15.0 Å². The first kappa shape index (κ1) is 22.5. The molecule has 1 aromatic heterocycles. The maximum atomic E-state index is 13.7. The van der Waals surface area contributed by atoms with Crippen LogP contribution in [0.15, 0.2) is 60.8 Å². The monoisotopic (exact) mass is 489 g/mol. The van der Waals surface area contributed by atoms with Crippen molar-refractivity contribution in [2.24, 2.45) is 34.0 Å². The molecule has 3 heterocycles. The van der Waals surface area contributed by atoms with Crippen molar-refractivity contribution < 1.29 is 24.9 Å². The van der Waals surface area contributed by atoms with Crippen LogP contribution in [0.1, 0.15) is 32.7 Å². The van der Waals surface area contributed by atoms with E-state index >= 15 is 0 Å². The highest BCUT2D eigenvalue weighted by molar-refractivity contribution is 6.05. The smallest absolute Gasteiger partial charge is 0.208 e. The number of benzene rings is 1. The van der Waals surface area contributed by atoms with Gasteiger partial charge < -0.3 is 20.1 Å². The van der Waals surface area contributed by atoms with Crippen molar-refractivity contribution in [3.05, 3.63) is 60.8 Å². The molecule has 0 amide bonds. The minimum atomic E-state index is -2.19. The summed E-state index contributed by atoms with van der Waals surface area (Å²) in [5, 5.41) is 44.1. The van der Waals surface area contributed by atoms with Crippen LogP contribution < -0.4 is 0 Å². The van der Waals surface area contributed by atoms with Gasteiger partial charge in [-0.3, -0.25) is 4.79 Å². The van der Waals surface area contributed by atoms with Gasteiger partial charge in [-0.25, -0.2) is 4.68 Å². The summed E-state index contributed by atoms with van der Waals surface area (Å²) in [4.78, 5) is 13.7. The zero-order chi connectivity index (χ0) is 25.3. The number of rotatable bonds is 2. The number of allylic oxidation sites excluding steroid dienone is 1. The predicted molar refractivity (Wildman–Crippen MR) is 129 cm³/mol. The molecule has 6 aliphatic rings. The molecule has 8 heteroatoms. The molecule has 8 rings (SSSR count). The second-order valence-electron chi connectivity index (χ2n) is 12.0. The third-order valence-electron chi connectivity index (χ3n) is 10.4. The lowest BCUT2D eigenvalue weighted by Gasteiger charge is -2.73. The number of carbonyl (C=O) groups excluding carboxylic acids is 1. The van der Waals surface area contributed by atoms with Gasteiger partial charge in [-0.2, -0.15) is 0 Å². The van der Waals surface area contributed by atoms with E-state index in [9.17, 15) is 20.1 Å². The number of aliphatic hydroxyl groups is 3. The standard InChI is InChI=1S/C28H31N3O5/c1-15-17-9-10-19-26-12-11-20(31-13-18(29-30-31)16-7-5-4-6-8-16)25(2,3)21(26)24(34)28(35,36-14-26)27(19,22(15)32)23(17)33/h4-8,11-13,17,19-21,23-24,33-35H,1,9-10,14H2,2-3H3/t17-,19-,20+,21+,23+,24-,26+,27-,28?/m0/s1. The molecule has 36 heavy (non-hydrogen) atoms. The van der Waals surface area contributed by atoms with Crippen LogP contribution >= 0.6 is 0 Å². The Bertz CT molecular complexity index is 1320. The number of carbonyl (C=O) groups is 1. The molecule has 1 unspecified atom stereocenters. The summed E-state index contributed by atoms with van der Waals surface area (Å²) in [6.07, 6.45) is 4.80. The Kier molecular flexibility index (Phi) is 4.26. The van der Waals surface area contributed by atoms with Crippen LogP contribution in [-0.4, -0.2) is 60.7 Å². The van der Waals surface area contributed by atoms with Gasteiger partial charge in [0.2, 0.25) is 5.79 Å². The Morgan fingerprint density at radius 3 is 2.64 bits per heavy atom. The topological polar surface area (TPSA) is 118 Å². The van der Waals surface area contributed by atoms with E-state index in [1.54, 1.807) is 0 Å². The second-order valence-corrected chi connectivity index (χ2v) is 12.0. The molecule has 8 nitrogen and oxygen atoms in total. The Morgan fingerprint density at radius 2 is 1.89 bits per heavy atom. The lowest BCUT2D eigenvalue weighted by molar-refractivity contribution is -0.437. The maximum absolute atomic E-state index is 13.7. The molecule has 0 radical (unpaired) electrons. The fourth-order valence-electron chi connectivity index (χ4n) is 8.93. The Hall–Kier alpha value is -2.65. The molecule has 4 bridgehead atoms. The third kappa shape index (κ3) is 2.25. The minimum Gasteiger partial charge on any atom is -0.391 e. The molecule has 9 atom stereocenters. The first-order valence-electron chi connectivity index (χ1n) is 12.7. The van der Waals surface area contributed by atoms with Gasteiger partial charge in [-0.15, -0.1) is 5.10 Å². The summed E-state index contributed by atoms with van der Waals surface area (Å²) in [5.74, 6) is -3.78. The average Bonchev–Trinajstić information content (AvgIpc) is 3.37. The van der Waals surface area contributed by atoms with Gasteiger partial charge in [-0.05, 0) is 29.7 Å². The number of ketones is 1. The van der Waals surface area contributed by atoms with Crippen molar-refractivity contribution in [1.29, 1.82) is 0 Å². The van der Waals surface area contributed by atoms with Crippen LogP contribution in [0.25, 0.3) is 11.3 Å². The van der Waals surface area contributed by atoms with Crippen LogP contribution in [0.4, 0.5) is 0 Å². The molecule has 2 saturated heterocycles. The fourth-order valence-corrected chi connectivity index (χ4v) is 8.93. The number of nitrogens with zero attached hydrogens (tertiary/aromatic N) is 3. The number of fused-ring (bicyclic) bond motifs is 2. The highest BCUT2D eigenvalue weighted by Gasteiger charge is 2.85. The third-order valence-corrected chi connectivity index (χ3v) is 10.4. The molecule has 3 saturated carbocycles. The van der Waals surface area contributed by atoms with Crippen LogP contribution in [0.3, 0.4) is 0 Å². The van der Waals surface area contributed by atoms with E-state index in [1.165, 1.54) is 0 Å². The summed E-state index contributed by atoms with van der Waals surface area (Å²) in [6.45, 7) is 8.27. The fraction of sp³-hybridized carbons (Fsp3) is 0.536. The summed E-state index contributed by atoms with van der Waals surface area (Å²) in [5.41, 5.74) is -0.868. The van der Waals surface area contributed by atoms with E-state index in [4.69, 9.17) is 4.74 Å². The van der Waals surface area contributed by atoms with Crippen LogP contribution in [0.2, 0.25) is 0 Å². The van der Waals surface area contributed by atoms with Crippen molar-refractivity contribution in [2.45, 2.75) is 50.7 Å². The lowest BCUT2D eigenvalue weighted by Crippen LogP contribution is -2.83. The Morgan fingerprint density at radius 1 is 1.14 bits per heavy atom. The van der Waals surface area contributed by atoms with Crippen LogP contribution in [0, 0.1) is 34.0 Å². The SMILES string of the molecule is C=C1C(=O)[C@]23[C@H](O)[C@H]1CC[C@H]2[C@]12C=C[C@@H](n4cc(-c5ccccc5)nn4)C(C)(C)[C@H]1[C@H](O)C3(O)OC2. The summed E-state index contributed by atoms with van der Waals surface area (Å²) in [7, 11) is 0. The number of aromatic nitrogens is 3. The molecule has 2 aromatic rings. The van der Waals surface area contributed by atoms with Gasteiger partial charge in [0, 0.05) is 22.8 Å². The Labute approximate surface area is 209 Å². The molecule has 188 valence electrons. The molecule has 2 aliphatic heterocycles. The van der Waals surface area contributed by atoms with Crippen molar-refractivity contribution in [3.63, 3.8) is 0 Å². The van der Waals surface area contributed by atoms with Gasteiger partial charge in [0.25, 0.3) is 0 Å². The first-order chi connectivity index (χ1) is 17.1. The lowest BCUT2D eigenvalue weighted by atomic mass is 9.37. The number of hydrogen-bond donors (Lipinski definition) is 3. The molecule has 3 N–H and O–H groups in total. The summed E-state index contributed by atoms with van der Waals surface area (Å²) >= 11 is 0. The zero-order valence-corrected chi connectivity index (χ0v) is 20.4. The molecular weight excluding hydrogens is 458 g/mol. The zero-order valence-electron chi connectivity index (χ0n) is 20.4. The largest absolute Gasteiger partial charge is 0.391 e. The average molecular weight is 490 g/mol. The first-order valence-corrected chi connectivity index (χ1v) is 12.7. The van der Waals surface area contributed by atoms with Crippen molar-refractivity contribution in [3.8, 4) is 11.3 Å². The molecule has 2 spiro atoms. The highest BCUT2D eigenvalue weighted by atomic mass is 16.6. The Balaban J connectivity index is 1.37. The van der Waals surface area contributed by atoms with Gasteiger partial charge in [0.15, 0.2) is 5.78 Å². The van der Waals surface area contributed by atoms with Crippen molar-refractivity contribution in [2.75, 3.05) is 6.61 Å². The number of hydrogen-bond acceptors (Lipinski definition) is 7. The van der Waals surface area contributed by atoms with E-state index in [1.807, 2.05) is 41.2 Å². The van der Waals surface area contributed by atoms with E-state index < -0.39 is 46.1 Å². The van der Waals surface area contributed by atoms with Crippen LogP contribution in [-0.2, 0) is 9.53 Å². The summed E-state index contributed by atoms with van der Waals surface area (Å²) < 4.78 is 7.83. The van der Waals surface area contributed by atoms with Gasteiger partial charge in [0.1, 0.15) is 17.2 Å². The van der Waals surface area contributed by atoms with E-state index in [2.05, 4.69) is 42.9 Å². The highest BCUT2D eigenvalue weighted by Crippen LogP contribution is 2.76. The molecule has 5 fully saturated rings. The molecule has 4 aliphatic carbocycles. The minimum absolute atomic E-state index is 0.175. The normalized spacial score (nSPS) is 46.0. The van der Waals surface area contributed by atoms with Gasteiger partial charge in [0.05, 0.1) is 24.9 Å². The number of aliphatic hydroxyl groups excluding tert-OH is 2. The number of Topliss-reactive ketones (excluding diaryl/α,β-unsaturated/α-hetero) is 1.